The second kappa shape index (κ2) is 5.87. The van der Waals surface area contributed by atoms with Crippen molar-refractivity contribution in [2.75, 3.05) is 19.5 Å². The number of ether oxygens (including phenoxy) is 1. The van der Waals surface area contributed by atoms with Gasteiger partial charge in [0.15, 0.2) is 15.4 Å². The van der Waals surface area contributed by atoms with Gasteiger partial charge in [-0.2, -0.15) is 0 Å². The van der Waals surface area contributed by atoms with E-state index in [2.05, 4.69) is 5.32 Å². The molecule has 0 heterocycles. The maximum absolute atomic E-state index is 11.8. The van der Waals surface area contributed by atoms with Gasteiger partial charge in [-0.25, -0.2) is 13.2 Å². The number of hydrogen-bond donors (Lipinski definition) is 2. The average Bonchev–Trinajstić information content (AvgIpc) is 2.14. The monoisotopic (exact) mass is 295 g/mol. The van der Waals surface area contributed by atoms with Crippen LogP contribution in [0.5, 0.6) is 0 Å². The summed E-state index contributed by atoms with van der Waals surface area (Å²) in [6, 6.07) is 0. The van der Waals surface area contributed by atoms with E-state index in [9.17, 15) is 18.0 Å². The van der Waals surface area contributed by atoms with Gasteiger partial charge in [0.1, 0.15) is 5.75 Å². The summed E-state index contributed by atoms with van der Waals surface area (Å²) in [6.45, 7) is 5.41. The number of carboxylic acid groups (broad SMARTS) is 1. The predicted octanol–water partition coefficient (Wildman–Crippen LogP) is -0.194. The van der Waals surface area contributed by atoms with E-state index in [4.69, 9.17) is 9.84 Å². The molecule has 0 aliphatic carbocycles. The Hall–Kier alpha value is -1.15. The van der Waals surface area contributed by atoms with Crippen molar-refractivity contribution in [1.29, 1.82) is 0 Å². The molecule has 0 aromatic rings. The van der Waals surface area contributed by atoms with Gasteiger partial charge >= 0.3 is 5.97 Å². The van der Waals surface area contributed by atoms with Crippen LogP contribution < -0.4 is 5.32 Å². The third kappa shape index (κ3) is 4.79. The second-order valence-corrected chi connectivity index (χ2v) is 8.23. The number of rotatable bonds is 6. The SMILES string of the molecule is COCC(C)(NC(=O)CS(=O)(=O)C(C)(C)C)C(=O)O. The van der Waals surface area contributed by atoms with Gasteiger partial charge in [0.2, 0.25) is 5.91 Å². The average molecular weight is 295 g/mol. The molecule has 0 fully saturated rings. The molecule has 0 rings (SSSR count). The van der Waals surface area contributed by atoms with E-state index >= 15 is 0 Å². The van der Waals surface area contributed by atoms with Gasteiger partial charge < -0.3 is 15.2 Å². The van der Waals surface area contributed by atoms with Crippen LogP contribution in [0, 0.1) is 0 Å². The zero-order valence-electron chi connectivity index (χ0n) is 11.8. The summed E-state index contributed by atoms with van der Waals surface area (Å²) in [5.41, 5.74) is -1.65. The maximum Gasteiger partial charge on any atom is 0.331 e. The fraction of sp³-hybridized carbons (Fsp3) is 0.818. The fourth-order valence-electron chi connectivity index (χ4n) is 1.17. The summed E-state index contributed by atoms with van der Waals surface area (Å²) in [6.07, 6.45) is 0. The predicted molar refractivity (Wildman–Crippen MR) is 69.6 cm³/mol. The van der Waals surface area contributed by atoms with Gasteiger partial charge in [0, 0.05) is 7.11 Å². The summed E-state index contributed by atoms with van der Waals surface area (Å²) in [7, 11) is -2.36. The highest BCUT2D eigenvalue weighted by atomic mass is 32.2. The van der Waals surface area contributed by atoms with E-state index in [1.54, 1.807) is 0 Å². The number of hydrogen-bond acceptors (Lipinski definition) is 5. The van der Waals surface area contributed by atoms with Crippen LogP contribution in [-0.2, 0) is 24.2 Å². The summed E-state index contributed by atoms with van der Waals surface area (Å²) in [5.74, 6) is -2.92. The highest BCUT2D eigenvalue weighted by Gasteiger charge is 2.38. The Morgan fingerprint density at radius 1 is 1.21 bits per heavy atom. The molecular weight excluding hydrogens is 274 g/mol. The molecular formula is C11H21NO6S. The van der Waals surface area contributed by atoms with E-state index in [1.807, 2.05) is 0 Å². The Bertz CT molecular complexity index is 450. The van der Waals surface area contributed by atoms with Crippen molar-refractivity contribution in [2.24, 2.45) is 0 Å². The molecule has 0 aromatic heterocycles. The quantitative estimate of drug-likeness (QED) is 0.702. The lowest BCUT2D eigenvalue weighted by molar-refractivity contribution is -0.148. The minimum atomic E-state index is -3.66. The minimum Gasteiger partial charge on any atom is -0.479 e. The Kier molecular flexibility index (Phi) is 5.52. The Morgan fingerprint density at radius 2 is 1.68 bits per heavy atom. The van der Waals surface area contributed by atoms with Gasteiger partial charge in [-0.3, -0.25) is 4.79 Å². The molecule has 1 unspecified atom stereocenters. The molecule has 8 heteroatoms. The first kappa shape index (κ1) is 17.8. The summed E-state index contributed by atoms with van der Waals surface area (Å²) in [4.78, 5) is 22.8. The number of methoxy groups -OCH3 is 1. The summed E-state index contributed by atoms with van der Waals surface area (Å²) < 4.78 is 27.3. The lowest BCUT2D eigenvalue weighted by Crippen LogP contribution is -2.57. The minimum absolute atomic E-state index is 0.260. The van der Waals surface area contributed by atoms with Gasteiger partial charge in [-0.1, -0.05) is 0 Å². The molecule has 0 aliphatic rings. The zero-order chi connectivity index (χ0) is 15.5. The number of amides is 1. The van der Waals surface area contributed by atoms with Crippen molar-refractivity contribution in [2.45, 2.75) is 38.0 Å². The van der Waals surface area contributed by atoms with Crippen molar-refractivity contribution < 1.29 is 27.9 Å². The second-order valence-electron chi connectivity index (χ2n) is 5.49. The van der Waals surface area contributed by atoms with Crippen molar-refractivity contribution in [3.63, 3.8) is 0 Å². The molecule has 1 amide bonds. The molecule has 19 heavy (non-hydrogen) atoms. The van der Waals surface area contributed by atoms with Crippen LogP contribution >= 0.6 is 0 Å². The van der Waals surface area contributed by atoms with Crippen LogP contribution in [-0.4, -0.2) is 55.2 Å². The molecule has 112 valence electrons. The van der Waals surface area contributed by atoms with Gasteiger partial charge in [-0.05, 0) is 27.7 Å². The van der Waals surface area contributed by atoms with Crippen LogP contribution in [0.4, 0.5) is 0 Å². The van der Waals surface area contributed by atoms with E-state index < -0.39 is 37.8 Å². The van der Waals surface area contributed by atoms with Crippen LogP contribution in [0.1, 0.15) is 27.7 Å². The highest BCUT2D eigenvalue weighted by Crippen LogP contribution is 2.16. The molecule has 7 nitrogen and oxygen atoms in total. The fourth-order valence-corrected chi connectivity index (χ4v) is 2.02. The van der Waals surface area contributed by atoms with Crippen LogP contribution in [0.15, 0.2) is 0 Å². The normalized spacial score (nSPS) is 15.6. The van der Waals surface area contributed by atoms with Crippen molar-refractivity contribution in [1.82, 2.24) is 5.32 Å². The first-order chi connectivity index (χ1) is 8.35. The molecule has 1 atom stereocenters. The molecule has 0 saturated heterocycles. The zero-order valence-corrected chi connectivity index (χ0v) is 12.6. The lowest BCUT2D eigenvalue weighted by atomic mass is 10.0. The number of aliphatic carboxylic acids is 1. The molecule has 0 aromatic carbocycles. The topological polar surface area (TPSA) is 110 Å². The van der Waals surface area contributed by atoms with Crippen molar-refractivity contribution in [3.8, 4) is 0 Å². The van der Waals surface area contributed by atoms with E-state index in [1.165, 1.54) is 34.8 Å². The highest BCUT2D eigenvalue weighted by molar-refractivity contribution is 7.93. The summed E-state index contributed by atoms with van der Waals surface area (Å²) >= 11 is 0. The Morgan fingerprint density at radius 3 is 2.00 bits per heavy atom. The molecule has 0 saturated carbocycles. The molecule has 0 spiro atoms. The molecule has 0 bridgehead atoms. The standard InChI is InChI=1S/C11H21NO6S/c1-10(2,3)19(16,17)6-8(13)12-11(4,7-18-5)9(14)15/h6-7H2,1-5H3,(H,12,13)(H,14,15). The van der Waals surface area contributed by atoms with Crippen LogP contribution in [0.25, 0.3) is 0 Å². The number of carbonyl (C=O) groups excluding carboxylic acids is 1. The van der Waals surface area contributed by atoms with Crippen molar-refractivity contribution in [3.05, 3.63) is 0 Å². The molecule has 0 aliphatic heterocycles. The van der Waals surface area contributed by atoms with Gasteiger partial charge in [-0.15, -0.1) is 0 Å². The van der Waals surface area contributed by atoms with E-state index in [-0.39, 0.29) is 6.61 Å². The largest absolute Gasteiger partial charge is 0.479 e. The first-order valence-corrected chi connectivity index (χ1v) is 7.26. The summed E-state index contributed by atoms with van der Waals surface area (Å²) in [5, 5.41) is 11.2. The third-order valence-electron chi connectivity index (χ3n) is 2.57. The smallest absolute Gasteiger partial charge is 0.331 e. The van der Waals surface area contributed by atoms with Gasteiger partial charge in [0.05, 0.1) is 11.4 Å². The lowest BCUT2D eigenvalue weighted by Gasteiger charge is -2.26. The number of carbonyl (C=O) groups is 2. The Balaban J connectivity index is 4.94. The molecule has 0 radical (unpaired) electrons. The van der Waals surface area contributed by atoms with Crippen LogP contribution in [0.2, 0.25) is 0 Å². The molecule has 2 N–H and O–H groups in total. The third-order valence-corrected chi connectivity index (χ3v) is 5.08. The van der Waals surface area contributed by atoms with E-state index in [0.717, 1.165) is 0 Å². The van der Waals surface area contributed by atoms with E-state index in [0.29, 0.717) is 0 Å². The van der Waals surface area contributed by atoms with Crippen molar-refractivity contribution >= 4 is 21.7 Å². The number of nitrogens with one attached hydrogen (secondary N) is 1. The van der Waals surface area contributed by atoms with Crippen LogP contribution in [0.3, 0.4) is 0 Å². The number of carboxylic acids is 1. The Labute approximate surface area is 113 Å². The van der Waals surface area contributed by atoms with Gasteiger partial charge in [0.25, 0.3) is 0 Å². The number of sulfone groups is 1. The first-order valence-electron chi connectivity index (χ1n) is 5.61. The maximum atomic E-state index is 11.8.